The van der Waals surface area contributed by atoms with Crippen molar-refractivity contribution in [3.05, 3.63) is 134 Å². The maximum atomic E-state index is 13.0. The minimum Gasteiger partial charge on any atom is -0.387 e. The lowest BCUT2D eigenvalue weighted by Crippen LogP contribution is -2.45. The van der Waals surface area contributed by atoms with Gasteiger partial charge >= 0.3 is 7.82 Å². The van der Waals surface area contributed by atoms with Gasteiger partial charge < -0.3 is 19.8 Å². The average molecular weight is 1090 g/mol. The van der Waals surface area contributed by atoms with Gasteiger partial charge in [0, 0.05) is 6.42 Å². The van der Waals surface area contributed by atoms with Gasteiger partial charge in [-0.25, -0.2) is 4.57 Å². The smallest absolute Gasteiger partial charge is 0.387 e. The molecule has 9 heteroatoms. The summed E-state index contributed by atoms with van der Waals surface area (Å²) in [6.45, 7) is 4.66. The second-order valence-corrected chi connectivity index (χ2v) is 23.1. The first-order chi connectivity index (χ1) is 37.5. The summed E-state index contributed by atoms with van der Waals surface area (Å²) in [5.41, 5.74) is 0. The quantitative estimate of drug-likeness (QED) is 0.0243. The van der Waals surface area contributed by atoms with Crippen LogP contribution in [0.5, 0.6) is 0 Å². The fraction of sp³-hybridized carbons (Fsp3) is 0.662. The Kier molecular flexibility index (Phi) is 54.8. The number of phosphoric ester groups is 1. The summed E-state index contributed by atoms with van der Waals surface area (Å²) in [5, 5.41) is 13.9. The molecule has 0 fully saturated rings. The predicted octanol–water partition coefficient (Wildman–Crippen LogP) is 19.5. The lowest BCUT2D eigenvalue weighted by atomic mass is 10.0. The van der Waals surface area contributed by atoms with Gasteiger partial charge in [0.25, 0.3) is 0 Å². The van der Waals surface area contributed by atoms with Gasteiger partial charge in [0.15, 0.2) is 0 Å². The van der Waals surface area contributed by atoms with Crippen molar-refractivity contribution in [2.45, 2.75) is 251 Å². The molecule has 3 N–H and O–H groups in total. The van der Waals surface area contributed by atoms with Crippen LogP contribution in [0.25, 0.3) is 0 Å². The number of aliphatic hydroxyl groups is 1. The van der Waals surface area contributed by atoms with Crippen molar-refractivity contribution in [1.82, 2.24) is 5.32 Å². The molecule has 0 spiro atoms. The molecule has 0 aromatic carbocycles. The molecule has 0 bridgehead atoms. The molecule has 0 aliphatic rings. The van der Waals surface area contributed by atoms with Crippen LogP contribution in [0.15, 0.2) is 134 Å². The number of nitrogens with one attached hydrogen (secondary N) is 1. The van der Waals surface area contributed by atoms with Crippen LogP contribution in [0.4, 0.5) is 0 Å². The third-order valence-electron chi connectivity index (χ3n) is 13.1. The highest BCUT2D eigenvalue weighted by atomic mass is 31.2. The van der Waals surface area contributed by atoms with E-state index in [0.29, 0.717) is 17.4 Å². The predicted molar refractivity (Wildman–Crippen MR) is 336 cm³/mol. The number of unbranched alkanes of at least 4 members (excludes halogenated alkanes) is 22. The van der Waals surface area contributed by atoms with Crippen LogP contribution in [0.3, 0.4) is 0 Å². The number of amides is 1. The fourth-order valence-corrected chi connectivity index (χ4v) is 9.02. The zero-order valence-corrected chi connectivity index (χ0v) is 51.0. The Balaban J connectivity index is 4.30. The molecule has 0 aromatic heterocycles. The first-order valence-electron chi connectivity index (χ1n) is 31.1. The van der Waals surface area contributed by atoms with Crippen molar-refractivity contribution in [1.29, 1.82) is 0 Å². The van der Waals surface area contributed by atoms with Crippen molar-refractivity contribution in [2.24, 2.45) is 0 Å². The molecule has 8 nitrogen and oxygen atoms in total. The molecule has 3 atom stereocenters. The molecule has 0 heterocycles. The van der Waals surface area contributed by atoms with Gasteiger partial charge in [-0.2, -0.15) is 0 Å². The number of rotatable bonds is 55. The monoisotopic (exact) mass is 1090 g/mol. The van der Waals surface area contributed by atoms with E-state index < -0.39 is 20.0 Å². The third kappa shape index (κ3) is 60.1. The average Bonchev–Trinajstić information content (AvgIpc) is 3.39. The molecule has 0 rings (SSSR count). The van der Waals surface area contributed by atoms with Crippen LogP contribution in [0.2, 0.25) is 0 Å². The Morgan fingerprint density at radius 3 is 1.19 bits per heavy atom. The molecule has 440 valence electrons. The van der Waals surface area contributed by atoms with Crippen LogP contribution in [-0.2, 0) is 18.4 Å². The maximum Gasteiger partial charge on any atom is 0.472 e. The second kappa shape index (κ2) is 57.3. The highest BCUT2D eigenvalue weighted by Crippen LogP contribution is 2.43. The van der Waals surface area contributed by atoms with Gasteiger partial charge in [0.1, 0.15) is 13.2 Å². The fourth-order valence-electron chi connectivity index (χ4n) is 8.29. The van der Waals surface area contributed by atoms with E-state index in [1.54, 1.807) is 6.08 Å². The number of hydrogen-bond donors (Lipinski definition) is 3. The number of hydrogen-bond acceptors (Lipinski definition) is 5. The highest BCUT2D eigenvalue weighted by Gasteiger charge is 2.27. The standard InChI is InChI=1S/C68H117N2O6P/c1-6-8-10-12-14-16-18-20-22-24-26-28-30-31-32-33-34-35-36-37-38-39-40-42-44-46-48-50-52-54-56-58-60-62-68(72)69-66(65-76-77(73,74)75-64-63-70(3,4)5)67(71)61-59-57-55-53-51-49-47-45-43-41-29-27-25-23-21-19-17-15-13-11-9-7-2/h8,10,14,16,20,22,26,28,31-32,34-35,37-38,40,42,46,48,51,53,59,61,66-67,71H,6-7,9,11-13,15,17-19,21,23-25,27,29-30,33,36,39,41,43-45,47,49-50,52,54-58,60,62-65H2,1-5H3,(H-,69,72,73,74)/p+1/b10-8-,16-14-,22-20-,28-26-,32-31-,35-34-,38-37-,42-40-,48-46-,53-51+,61-59+. The number of likely N-dealkylation sites (N-methyl/N-ethyl adjacent to an activating group) is 1. The molecule has 0 aromatic rings. The summed E-state index contributed by atoms with van der Waals surface area (Å²) in [4.78, 5) is 23.3. The summed E-state index contributed by atoms with van der Waals surface area (Å²) in [6, 6.07) is -0.885. The largest absolute Gasteiger partial charge is 0.472 e. The first kappa shape index (κ1) is 73.6. The van der Waals surface area contributed by atoms with Crippen LogP contribution in [-0.4, -0.2) is 73.4 Å². The molecule has 0 saturated carbocycles. The molecule has 3 unspecified atom stereocenters. The van der Waals surface area contributed by atoms with Crippen LogP contribution < -0.4 is 5.32 Å². The van der Waals surface area contributed by atoms with E-state index in [1.807, 2.05) is 27.2 Å². The number of carbonyl (C=O) groups excluding carboxylic acids is 1. The Labute approximate surface area is 475 Å². The summed E-state index contributed by atoms with van der Waals surface area (Å²) in [5.74, 6) is -0.210. The van der Waals surface area contributed by atoms with Crippen molar-refractivity contribution in [3.8, 4) is 0 Å². The minimum absolute atomic E-state index is 0.0448. The molecule has 0 saturated heterocycles. The third-order valence-corrected chi connectivity index (χ3v) is 14.1. The number of allylic oxidation sites excluding steroid dienone is 21. The normalized spacial score (nSPS) is 14.7. The van der Waals surface area contributed by atoms with E-state index in [1.165, 1.54) is 103 Å². The number of nitrogens with zero attached hydrogens (tertiary/aromatic N) is 1. The zero-order chi connectivity index (χ0) is 56.3. The van der Waals surface area contributed by atoms with Crippen LogP contribution in [0.1, 0.15) is 239 Å². The number of aliphatic hydroxyl groups excluding tert-OH is 1. The molecule has 0 aliphatic heterocycles. The topological polar surface area (TPSA) is 105 Å². The van der Waals surface area contributed by atoms with Gasteiger partial charge in [-0.1, -0.05) is 263 Å². The van der Waals surface area contributed by atoms with Gasteiger partial charge in [-0.3, -0.25) is 13.8 Å². The van der Waals surface area contributed by atoms with E-state index in [-0.39, 0.29) is 19.1 Å². The second-order valence-electron chi connectivity index (χ2n) is 21.7. The Morgan fingerprint density at radius 2 is 0.792 bits per heavy atom. The lowest BCUT2D eigenvalue weighted by Gasteiger charge is -2.25. The van der Waals surface area contributed by atoms with Crippen molar-refractivity contribution < 1.29 is 32.9 Å². The summed E-state index contributed by atoms with van der Waals surface area (Å²) in [7, 11) is 1.52. The Bertz CT molecular complexity index is 1710. The minimum atomic E-state index is -4.37. The molecule has 1 amide bonds. The van der Waals surface area contributed by atoms with Gasteiger partial charge in [-0.15, -0.1) is 0 Å². The van der Waals surface area contributed by atoms with Gasteiger partial charge in [0.2, 0.25) is 5.91 Å². The van der Waals surface area contributed by atoms with E-state index in [0.717, 1.165) is 116 Å². The molecular formula is C68H118N2O6P+. The van der Waals surface area contributed by atoms with Crippen LogP contribution in [0, 0.1) is 0 Å². The van der Waals surface area contributed by atoms with Crippen molar-refractivity contribution in [2.75, 3.05) is 40.9 Å². The van der Waals surface area contributed by atoms with E-state index in [9.17, 15) is 19.4 Å². The van der Waals surface area contributed by atoms with E-state index >= 15 is 0 Å². The summed E-state index contributed by atoms with van der Waals surface area (Å²) >= 11 is 0. The Morgan fingerprint density at radius 1 is 0.455 bits per heavy atom. The Hall–Kier alpha value is -3.36. The van der Waals surface area contributed by atoms with E-state index in [4.69, 9.17) is 9.05 Å². The van der Waals surface area contributed by atoms with Gasteiger partial charge in [0.05, 0.1) is 39.9 Å². The van der Waals surface area contributed by atoms with Gasteiger partial charge in [-0.05, 0) is 103 Å². The van der Waals surface area contributed by atoms with E-state index in [2.05, 4.69) is 141 Å². The first-order valence-corrected chi connectivity index (χ1v) is 32.6. The number of phosphoric acid groups is 1. The van der Waals surface area contributed by atoms with Crippen molar-refractivity contribution >= 4 is 13.7 Å². The molecule has 77 heavy (non-hydrogen) atoms. The molecular weight excluding hydrogens is 972 g/mol. The summed E-state index contributed by atoms with van der Waals surface area (Å²) in [6.07, 6.45) is 87.1. The zero-order valence-electron chi connectivity index (χ0n) is 50.1. The highest BCUT2D eigenvalue weighted by molar-refractivity contribution is 7.47. The van der Waals surface area contributed by atoms with Crippen LogP contribution >= 0.6 is 7.82 Å². The maximum absolute atomic E-state index is 13.0. The number of carbonyl (C=O) groups is 1. The van der Waals surface area contributed by atoms with Crippen molar-refractivity contribution in [3.63, 3.8) is 0 Å². The molecule has 0 aliphatic carbocycles. The molecule has 0 radical (unpaired) electrons. The summed E-state index contributed by atoms with van der Waals surface area (Å²) < 4.78 is 23.7. The lowest BCUT2D eigenvalue weighted by molar-refractivity contribution is -0.870. The number of quaternary nitrogens is 1. The SMILES string of the molecule is CC/C=C\C/C=C\C/C=C\C/C=C\C/C=C\C/C=C\C/C=C\C/C=C\C/C=C\CCCCCCCC(=O)NC(COP(=O)(O)OCC[N+](C)(C)C)C(O)/C=C/CC/C=C/CCCCCCCCCCCCCCCCCC.